The predicted molar refractivity (Wildman–Crippen MR) is 152 cm³/mol. The van der Waals surface area contributed by atoms with Crippen LogP contribution in [0.15, 0.2) is 36.4 Å². The number of nitrogens with zero attached hydrogens (tertiary/aromatic N) is 3. The van der Waals surface area contributed by atoms with Gasteiger partial charge < -0.3 is 19.9 Å². The number of anilines is 2. The number of thiocarbonyl (C=S) groups is 1. The number of benzene rings is 2. The number of fused-ring (bicyclic) bond motifs is 1. The maximum Gasteiger partial charge on any atom is 0.173 e. The monoisotopic (exact) mass is 494 g/mol. The van der Waals surface area contributed by atoms with E-state index in [1.807, 2.05) is 0 Å². The van der Waals surface area contributed by atoms with Crippen LogP contribution in [-0.2, 0) is 17.7 Å². The van der Waals surface area contributed by atoms with Crippen molar-refractivity contribution in [1.29, 1.82) is 0 Å². The lowest BCUT2D eigenvalue weighted by Crippen LogP contribution is -2.40. The number of rotatable bonds is 9. The van der Waals surface area contributed by atoms with Crippen LogP contribution in [-0.4, -0.2) is 67.4 Å². The molecule has 6 heteroatoms. The van der Waals surface area contributed by atoms with Crippen molar-refractivity contribution in [3.8, 4) is 0 Å². The second-order valence-corrected chi connectivity index (χ2v) is 10.4. The average Bonchev–Trinajstić information content (AvgIpc) is 2.86. The quantitative estimate of drug-likeness (QED) is 0.471. The Morgan fingerprint density at radius 2 is 1.83 bits per heavy atom. The standard InChI is InChI=1S/C29H42N4OS/c1-4-13-32-15-6-10-26-21-25(11-12-27(26)32)22-33(16-7-14-31-17-19-34-20-18-31)29(35)30-28-23(2)8-5-9-24(28)3/h5,8-9,11-12,21H,4,6-7,10,13-20,22H2,1-3H3,(H,30,35). The minimum absolute atomic E-state index is 0.815. The van der Waals surface area contributed by atoms with Crippen LogP contribution in [0.3, 0.4) is 0 Å². The third-order valence-electron chi connectivity index (χ3n) is 7.23. The second-order valence-electron chi connectivity index (χ2n) is 9.98. The summed E-state index contributed by atoms with van der Waals surface area (Å²) in [5.41, 5.74) is 7.85. The molecule has 2 heterocycles. The summed E-state index contributed by atoms with van der Waals surface area (Å²) in [7, 11) is 0. The molecule has 2 aliphatic rings. The number of nitrogens with one attached hydrogen (secondary N) is 1. The van der Waals surface area contributed by atoms with E-state index in [0.717, 1.165) is 69.7 Å². The Morgan fingerprint density at radius 3 is 2.57 bits per heavy atom. The smallest absolute Gasteiger partial charge is 0.173 e. The molecule has 0 saturated carbocycles. The molecule has 1 fully saturated rings. The van der Waals surface area contributed by atoms with E-state index in [9.17, 15) is 0 Å². The minimum atomic E-state index is 0.815. The molecule has 0 bridgehead atoms. The van der Waals surface area contributed by atoms with Crippen LogP contribution in [0.2, 0.25) is 0 Å². The summed E-state index contributed by atoms with van der Waals surface area (Å²) >= 11 is 5.99. The summed E-state index contributed by atoms with van der Waals surface area (Å²) in [4.78, 5) is 7.41. The molecule has 2 aromatic rings. The maximum absolute atomic E-state index is 5.99. The van der Waals surface area contributed by atoms with Gasteiger partial charge in [-0.3, -0.25) is 4.90 Å². The van der Waals surface area contributed by atoms with Crippen molar-refractivity contribution in [2.45, 2.75) is 53.0 Å². The van der Waals surface area contributed by atoms with Gasteiger partial charge in [-0.25, -0.2) is 0 Å². The van der Waals surface area contributed by atoms with Crippen molar-refractivity contribution < 1.29 is 4.74 Å². The maximum atomic E-state index is 5.99. The van der Waals surface area contributed by atoms with E-state index in [-0.39, 0.29) is 0 Å². The van der Waals surface area contributed by atoms with E-state index in [1.54, 1.807) is 0 Å². The zero-order valence-electron chi connectivity index (χ0n) is 21.8. The van der Waals surface area contributed by atoms with Crippen LogP contribution in [0.5, 0.6) is 0 Å². The summed E-state index contributed by atoms with van der Waals surface area (Å²) in [6, 6.07) is 13.5. The first-order chi connectivity index (χ1) is 17.0. The Kier molecular flexibility index (Phi) is 9.41. The van der Waals surface area contributed by atoms with E-state index < -0.39 is 0 Å². The van der Waals surface area contributed by atoms with Gasteiger partial charge in [-0.05, 0) is 80.1 Å². The highest BCUT2D eigenvalue weighted by Gasteiger charge is 2.19. The van der Waals surface area contributed by atoms with Crippen LogP contribution in [0, 0.1) is 13.8 Å². The lowest BCUT2D eigenvalue weighted by molar-refractivity contribution is 0.0368. The highest BCUT2D eigenvalue weighted by atomic mass is 32.1. The molecule has 190 valence electrons. The molecular formula is C29H42N4OS. The van der Waals surface area contributed by atoms with Crippen molar-refractivity contribution in [1.82, 2.24) is 9.80 Å². The molecule has 0 amide bonds. The van der Waals surface area contributed by atoms with Crippen LogP contribution < -0.4 is 10.2 Å². The SMILES string of the molecule is CCCN1CCCc2cc(CN(CCCN3CCOCC3)C(=S)Nc3c(C)cccc3C)ccc21. The molecule has 5 nitrogen and oxygen atoms in total. The number of para-hydroxylation sites is 1. The molecule has 0 aliphatic carbocycles. The fourth-order valence-electron chi connectivity index (χ4n) is 5.31. The summed E-state index contributed by atoms with van der Waals surface area (Å²) < 4.78 is 5.52. The molecule has 2 aliphatic heterocycles. The Bertz CT molecular complexity index is 968. The second kappa shape index (κ2) is 12.7. The van der Waals surface area contributed by atoms with Gasteiger partial charge in [0.15, 0.2) is 5.11 Å². The molecule has 1 N–H and O–H groups in total. The third-order valence-corrected chi connectivity index (χ3v) is 7.59. The fourth-order valence-corrected chi connectivity index (χ4v) is 5.57. The van der Waals surface area contributed by atoms with E-state index in [0.29, 0.717) is 0 Å². The fraction of sp³-hybridized carbons (Fsp3) is 0.552. The topological polar surface area (TPSA) is 31.0 Å². The normalized spacial score (nSPS) is 16.1. The highest BCUT2D eigenvalue weighted by Crippen LogP contribution is 2.29. The first-order valence-electron chi connectivity index (χ1n) is 13.3. The number of aryl methyl sites for hydroxylation is 3. The molecule has 35 heavy (non-hydrogen) atoms. The average molecular weight is 495 g/mol. The molecule has 0 aromatic heterocycles. The summed E-state index contributed by atoms with van der Waals surface area (Å²) in [5.74, 6) is 0. The summed E-state index contributed by atoms with van der Waals surface area (Å²) in [6.07, 6.45) is 4.69. The van der Waals surface area contributed by atoms with Crippen LogP contribution in [0.1, 0.15) is 48.4 Å². The van der Waals surface area contributed by atoms with Gasteiger partial charge in [-0.15, -0.1) is 0 Å². The molecule has 2 aromatic carbocycles. The van der Waals surface area contributed by atoms with Crippen LogP contribution in [0.4, 0.5) is 11.4 Å². The molecular weight excluding hydrogens is 452 g/mol. The molecule has 0 radical (unpaired) electrons. The first kappa shape index (κ1) is 25.9. The minimum Gasteiger partial charge on any atom is -0.379 e. The zero-order chi connectivity index (χ0) is 24.6. The lowest BCUT2D eigenvalue weighted by atomic mass is 9.98. The summed E-state index contributed by atoms with van der Waals surface area (Å²) in [6.45, 7) is 15.5. The number of morpholine rings is 1. The third kappa shape index (κ3) is 6.96. The predicted octanol–water partition coefficient (Wildman–Crippen LogP) is 5.39. The van der Waals surface area contributed by atoms with Crippen molar-refractivity contribution in [3.63, 3.8) is 0 Å². The molecule has 1 saturated heterocycles. The zero-order valence-corrected chi connectivity index (χ0v) is 22.6. The van der Waals surface area contributed by atoms with Gasteiger partial charge >= 0.3 is 0 Å². The van der Waals surface area contributed by atoms with Gasteiger partial charge in [0.2, 0.25) is 0 Å². The lowest BCUT2D eigenvalue weighted by Gasteiger charge is -2.32. The van der Waals surface area contributed by atoms with Gasteiger partial charge in [-0.1, -0.05) is 37.3 Å². The Morgan fingerprint density at radius 1 is 1.06 bits per heavy atom. The number of ether oxygens (including phenoxy) is 1. The Balaban J connectivity index is 1.47. The van der Waals surface area contributed by atoms with Gasteiger partial charge in [-0.2, -0.15) is 0 Å². The molecule has 0 spiro atoms. The van der Waals surface area contributed by atoms with Crippen molar-refractivity contribution in [2.75, 3.05) is 62.7 Å². The van der Waals surface area contributed by atoms with Gasteiger partial charge in [0.05, 0.1) is 13.2 Å². The Hall–Kier alpha value is -2.15. The van der Waals surface area contributed by atoms with Crippen molar-refractivity contribution in [3.05, 3.63) is 58.7 Å². The largest absolute Gasteiger partial charge is 0.379 e. The molecule has 0 unspecified atom stereocenters. The van der Waals surface area contributed by atoms with Crippen LogP contribution >= 0.6 is 12.2 Å². The van der Waals surface area contributed by atoms with Crippen molar-refractivity contribution in [2.24, 2.45) is 0 Å². The highest BCUT2D eigenvalue weighted by molar-refractivity contribution is 7.80. The molecule has 4 rings (SSSR count). The van der Waals surface area contributed by atoms with E-state index in [1.165, 1.54) is 53.7 Å². The first-order valence-corrected chi connectivity index (χ1v) is 13.7. The molecule has 0 atom stereocenters. The number of hydrogen-bond donors (Lipinski definition) is 1. The van der Waals surface area contributed by atoms with Gasteiger partial charge in [0, 0.05) is 57.2 Å². The number of hydrogen-bond acceptors (Lipinski definition) is 4. The van der Waals surface area contributed by atoms with Gasteiger partial charge in [0.25, 0.3) is 0 Å². The summed E-state index contributed by atoms with van der Waals surface area (Å²) in [5, 5.41) is 4.40. The van der Waals surface area contributed by atoms with E-state index in [2.05, 4.69) is 77.2 Å². The van der Waals surface area contributed by atoms with E-state index in [4.69, 9.17) is 17.0 Å². The van der Waals surface area contributed by atoms with Gasteiger partial charge in [0.1, 0.15) is 0 Å². The van der Waals surface area contributed by atoms with E-state index >= 15 is 0 Å². The Labute approximate surface area is 217 Å². The van der Waals surface area contributed by atoms with Crippen LogP contribution in [0.25, 0.3) is 0 Å². The van der Waals surface area contributed by atoms with Crippen molar-refractivity contribution >= 4 is 28.7 Å².